The lowest BCUT2D eigenvalue weighted by atomic mass is 10.1. The summed E-state index contributed by atoms with van der Waals surface area (Å²) < 4.78 is 0. The second kappa shape index (κ2) is 9.67. The normalized spacial score (nSPS) is 15.5. The Hall–Kier alpha value is -1.55. The summed E-state index contributed by atoms with van der Waals surface area (Å²) in [5.74, 6) is 0.197. The predicted octanol–water partition coefficient (Wildman–Crippen LogP) is 3.12. The number of carbonyl (C=O) groups excluding carboxylic acids is 1. The van der Waals surface area contributed by atoms with Crippen molar-refractivity contribution in [3.8, 4) is 0 Å². The second-order valence-electron chi connectivity index (χ2n) is 6.85. The quantitative estimate of drug-likeness (QED) is 0.744. The van der Waals surface area contributed by atoms with E-state index in [0.717, 1.165) is 45.7 Å². The summed E-state index contributed by atoms with van der Waals surface area (Å²) in [5.41, 5.74) is 4.11. The van der Waals surface area contributed by atoms with E-state index >= 15 is 0 Å². The molecule has 0 bridgehead atoms. The molecule has 1 aromatic rings. The Kier molecular flexibility index (Phi) is 7.57. The smallest absolute Gasteiger partial charge is 0.221 e. The third-order valence-corrected chi connectivity index (χ3v) is 5.05. The molecule has 24 heavy (non-hydrogen) atoms. The topological polar surface area (TPSA) is 35.6 Å². The molecule has 1 saturated heterocycles. The molecule has 0 radical (unpaired) electrons. The molecule has 4 heteroatoms. The van der Waals surface area contributed by atoms with Crippen molar-refractivity contribution < 1.29 is 4.79 Å². The van der Waals surface area contributed by atoms with E-state index in [0.29, 0.717) is 6.42 Å². The fourth-order valence-electron chi connectivity index (χ4n) is 3.24. The van der Waals surface area contributed by atoms with Crippen molar-refractivity contribution in [3.05, 3.63) is 29.3 Å². The van der Waals surface area contributed by atoms with E-state index in [2.05, 4.69) is 54.1 Å². The van der Waals surface area contributed by atoms with E-state index in [-0.39, 0.29) is 5.91 Å². The van der Waals surface area contributed by atoms with Crippen LogP contribution in [-0.2, 0) is 4.79 Å². The molecule has 0 aromatic heterocycles. The number of aryl methyl sites for hydroxylation is 1. The van der Waals surface area contributed by atoms with Gasteiger partial charge in [0, 0.05) is 51.4 Å². The average Bonchev–Trinajstić information content (AvgIpc) is 2.60. The van der Waals surface area contributed by atoms with E-state index in [9.17, 15) is 4.79 Å². The van der Waals surface area contributed by atoms with Gasteiger partial charge in [-0.2, -0.15) is 0 Å². The van der Waals surface area contributed by atoms with Gasteiger partial charge in [0.15, 0.2) is 0 Å². The molecule has 1 aromatic carbocycles. The van der Waals surface area contributed by atoms with Crippen molar-refractivity contribution in [2.75, 3.05) is 44.2 Å². The fraction of sp³-hybridized carbons (Fsp3) is 0.650. The van der Waals surface area contributed by atoms with Crippen molar-refractivity contribution in [2.24, 2.45) is 0 Å². The van der Waals surface area contributed by atoms with Gasteiger partial charge >= 0.3 is 0 Å². The summed E-state index contributed by atoms with van der Waals surface area (Å²) in [6.07, 6.45) is 4.10. The van der Waals surface area contributed by atoms with Crippen LogP contribution in [0.5, 0.6) is 0 Å². The highest BCUT2D eigenvalue weighted by Gasteiger charge is 2.19. The average molecular weight is 332 g/mol. The summed E-state index contributed by atoms with van der Waals surface area (Å²) in [7, 11) is 0. The molecule has 1 aliphatic heterocycles. The minimum Gasteiger partial charge on any atom is -0.369 e. The van der Waals surface area contributed by atoms with Crippen LogP contribution in [0.25, 0.3) is 0 Å². The Morgan fingerprint density at radius 2 is 1.88 bits per heavy atom. The number of nitrogens with zero attached hydrogens (tertiary/aromatic N) is 2. The SMILES string of the molecule is CCCCCNC(=O)CCN1CCN(c2cccc(C)c2C)CC1. The molecular formula is C20H33N3O. The maximum atomic E-state index is 11.9. The van der Waals surface area contributed by atoms with Crippen LogP contribution in [0.4, 0.5) is 5.69 Å². The first-order valence-electron chi connectivity index (χ1n) is 9.42. The van der Waals surface area contributed by atoms with E-state index < -0.39 is 0 Å². The first kappa shape index (κ1) is 18.8. The molecule has 134 valence electrons. The van der Waals surface area contributed by atoms with Gasteiger partial charge in [-0.05, 0) is 37.5 Å². The van der Waals surface area contributed by atoms with Gasteiger partial charge in [0.1, 0.15) is 0 Å². The summed E-state index contributed by atoms with van der Waals surface area (Å²) in [6.45, 7) is 12.4. The zero-order valence-electron chi connectivity index (χ0n) is 15.6. The van der Waals surface area contributed by atoms with Crippen LogP contribution in [0.1, 0.15) is 43.7 Å². The largest absolute Gasteiger partial charge is 0.369 e. The summed E-state index contributed by atoms with van der Waals surface area (Å²) in [5, 5.41) is 3.03. The highest BCUT2D eigenvalue weighted by atomic mass is 16.1. The number of hydrogen-bond acceptors (Lipinski definition) is 3. The molecule has 0 atom stereocenters. The molecular weight excluding hydrogens is 298 g/mol. The molecule has 1 N–H and O–H groups in total. The minimum atomic E-state index is 0.197. The number of carbonyl (C=O) groups is 1. The molecule has 0 unspecified atom stereocenters. The van der Waals surface area contributed by atoms with E-state index in [1.165, 1.54) is 29.7 Å². The summed E-state index contributed by atoms with van der Waals surface area (Å²) in [4.78, 5) is 16.8. The first-order valence-corrected chi connectivity index (χ1v) is 9.42. The maximum Gasteiger partial charge on any atom is 0.221 e. The van der Waals surface area contributed by atoms with Crippen molar-refractivity contribution in [2.45, 2.75) is 46.5 Å². The van der Waals surface area contributed by atoms with Crippen LogP contribution < -0.4 is 10.2 Å². The number of anilines is 1. The Labute approximate surface area is 147 Å². The first-order chi connectivity index (χ1) is 11.6. The van der Waals surface area contributed by atoms with Crippen LogP contribution in [0.2, 0.25) is 0 Å². The number of rotatable bonds is 8. The van der Waals surface area contributed by atoms with Crippen LogP contribution in [0.15, 0.2) is 18.2 Å². The zero-order chi connectivity index (χ0) is 17.4. The number of amides is 1. The Morgan fingerprint density at radius 3 is 2.58 bits per heavy atom. The van der Waals surface area contributed by atoms with Crippen molar-refractivity contribution in [3.63, 3.8) is 0 Å². The predicted molar refractivity (Wildman–Crippen MR) is 102 cm³/mol. The monoisotopic (exact) mass is 331 g/mol. The number of nitrogens with one attached hydrogen (secondary N) is 1. The third kappa shape index (κ3) is 5.52. The molecule has 2 rings (SSSR count). The van der Waals surface area contributed by atoms with Gasteiger partial charge in [0.2, 0.25) is 5.91 Å². The lowest BCUT2D eigenvalue weighted by molar-refractivity contribution is -0.121. The van der Waals surface area contributed by atoms with Gasteiger partial charge < -0.3 is 10.2 Å². The van der Waals surface area contributed by atoms with Gasteiger partial charge in [0.05, 0.1) is 0 Å². The minimum absolute atomic E-state index is 0.197. The molecule has 4 nitrogen and oxygen atoms in total. The number of benzene rings is 1. The Bertz CT molecular complexity index is 522. The summed E-state index contributed by atoms with van der Waals surface area (Å²) in [6, 6.07) is 6.54. The lowest BCUT2D eigenvalue weighted by Gasteiger charge is -2.37. The van der Waals surface area contributed by atoms with Crippen LogP contribution in [-0.4, -0.2) is 50.1 Å². The van der Waals surface area contributed by atoms with Gasteiger partial charge in [-0.3, -0.25) is 9.69 Å². The number of hydrogen-bond donors (Lipinski definition) is 1. The molecule has 1 fully saturated rings. The van der Waals surface area contributed by atoms with Crippen LogP contribution >= 0.6 is 0 Å². The van der Waals surface area contributed by atoms with Crippen LogP contribution in [0, 0.1) is 13.8 Å². The Balaban J connectivity index is 1.69. The maximum absolute atomic E-state index is 11.9. The zero-order valence-corrected chi connectivity index (χ0v) is 15.6. The van der Waals surface area contributed by atoms with Crippen molar-refractivity contribution in [1.29, 1.82) is 0 Å². The van der Waals surface area contributed by atoms with Crippen LogP contribution in [0.3, 0.4) is 0 Å². The third-order valence-electron chi connectivity index (χ3n) is 5.05. The molecule has 1 amide bonds. The molecule has 1 aliphatic rings. The van der Waals surface area contributed by atoms with Gasteiger partial charge in [0.25, 0.3) is 0 Å². The van der Waals surface area contributed by atoms with Crippen molar-refractivity contribution >= 4 is 11.6 Å². The van der Waals surface area contributed by atoms with E-state index in [4.69, 9.17) is 0 Å². The van der Waals surface area contributed by atoms with Gasteiger partial charge in [-0.1, -0.05) is 31.9 Å². The van der Waals surface area contributed by atoms with Gasteiger partial charge in [-0.25, -0.2) is 0 Å². The molecule has 0 spiro atoms. The lowest BCUT2D eigenvalue weighted by Crippen LogP contribution is -2.47. The van der Waals surface area contributed by atoms with Gasteiger partial charge in [-0.15, -0.1) is 0 Å². The number of unbranched alkanes of at least 4 members (excludes halogenated alkanes) is 2. The van der Waals surface area contributed by atoms with E-state index in [1.807, 2.05) is 0 Å². The Morgan fingerprint density at radius 1 is 1.12 bits per heavy atom. The highest BCUT2D eigenvalue weighted by Crippen LogP contribution is 2.23. The van der Waals surface area contributed by atoms with E-state index in [1.54, 1.807) is 0 Å². The molecule has 0 aliphatic carbocycles. The molecule has 0 saturated carbocycles. The molecule has 1 heterocycles. The number of piperazine rings is 1. The fourth-order valence-corrected chi connectivity index (χ4v) is 3.24. The summed E-state index contributed by atoms with van der Waals surface area (Å²) >= 11 is 0. The van der Waals surface area contributed by atoms with Crippen molar-refractivity contribution in [1.82, 2.24) is 10.2 Å². The standard InChI is InChI=1S/C20H33N3O/c1-4-5-6-11-21-20(24)10-12-22-13-15-23(16-14-22)19-9-7-8-17(2)18(19)3/h7-9H,4-6,10-16H2,1-3H3,(H,21,24). The second-order valence-corrected chi connectivity index (χ2v) is 6.85. The highest BCUT2D eigenvalue weighted by molar-refractivity contribution is 5.76.